The number of anilines is 1. The lowest BCUT2D eigenvalue weighted by molar-refractivity contribution is -0.115. The normalized spacial score (nSPS) is 10.7. The molecule has 1 aromatic carbocycles. The van der Waals surface area contributed by atoms with E-state index in [1.165, 1.54) is 6.07 Å². The number of carbonyl (C=O) groups excluding carboxylic acids is 1. The van der Waals surface area contributed by atoms with Gasteiger partial charge in [-0.3, -0.25) is 4.79 Å². The molecular formula is C13H18F2N2O. The summed E-state index contributed by atoms with van der Waals surface area (Å²) in [6, 6.07) is 3.46. The summed E-state index contributed by atoms with van der Waals surface area (Å²) in [6.07, 6.45) is 0.946. The van der Waals surface area contributed by atoms with Crippen molar-refractivity contribution in [2.45, 2.75) is 20.3 Å². The van der Waals surface area contributed by atoms with Crippen LogP contribution in [0.5, 0.6) is 0 Å². The van der Waals surface area contributed by atoms with Crippen molar-refractivity contribution in [3.63, 3.8) is 0 Å². The van der Waals surface area contributed by atoms with Crippen LogP contribution < -0.4 is 10.6 Å². The smallest absolute Gasteiger partial charge is 0.238 e. The average molecular weight is 256 g/mol. The van der Waals surface area contributed by atoms with Gasteiger partial charge in [0.25, 0.3) is 0 Å². The van der Waals surface area contributed by atoms with Crippen LogP contribution in [0.3, 0.4) is 0 Å². The second kappa shape index (κ2) is 7.06. The van der Waals surface area contributed by atoms with E-state index >= 15 is 0 Å². The van der Waals surface area contributed by atoms with Crippen LogP contribution in [0.4, 0.5) is 14.5 Å². The van der Waals surface area contributed by atoms with E-state index in [1.807, 2.05) is 0 Å². The van der Waals surface area contributed by atoms with Crippen molar-refractivity contribution in [1.29, 1.82) is 0 Å². The summed E-state index contributed by atoms with van der Waals surface area (Å²) in [4.78, 5) is 11.5. The van der Waals surface area contributed by atoms with Crippen molar-refractivity contribution in [2.24, 2.45) is 5.92 Å². The van der Waals surface area contributed by atoms with Crippen LogP contribution in [-0.2, 0) is 4.79 Å². The summed E-state index contributed by atoms with van der Waals surface area (Å²) in [7, 11) is 0. The van der Waals surface area contributed by atoms with Gasteiger partial charge in [-0.1, -0.05) is 19.9 Å². The van der Waals surface area contributed by atoms with Gasteiger partial charge >= 0.3 is 0 Å². The molecule has 1 rings (SSSR count). The minimum Gasteiger partial charge on any atom is -0.320 e. The Morgan fingerprint density at radius 1 is 1.28 bits per heavy atom. The number of hydrogen-bond donors (Lipinski definition) is 2. The third-order valence-corrected chi connectivity index (χ3v) is 2.41. The van der Waals surface area contributed by atoms with Gasteiger partial charge in [-0.15, -0.1) is 0 Å². The highest BCUT2D eigenvalue weighted by molar-refractivity contribution is 5.92. The second-order valence-corrected chi connectivity index (χ2v) is 4.50. The number of nitrogens with one attached hydrogen (secondary N) is 2. The van der Waals surface area contributed by atoms with E-state index in [4.69, 9.17) is 0 Å². The van der Waals surface area contributed by atoms with Crippen molar-refractivity contribution in [2.75, 3.05) is 18.4 Å². The lowest BCUT2D eigenvalue weighted by Crippen LogP contribution is -2.29. The van der Waals surface area contributed by atoms with Crippen LogP contribution in [0.25, 0.3) is 0 Å². The van der Waals surface area contributed by atoms with Gasteiger partial charge in [0.15, 0.2) is 0 Å². The van der Waals surface area contributed by atoms with E-state index in [0.29, 0.717) is 12.5 Å². The number of rotatable bonds is 6. The minimum atomic E-state index is -0.773. The molecule has 0 radical (unpaired) electrons. The molecule has 1 aromatic rings. The first-order valence-corrected chi connectivity index (χ1v) is 5.95. The molecule has 0 aliphatic rings. The van der Waals surface area contributed by atoms with Crippen molar-refractivity contribution in [3.8, 4) is 0 Å². The van der Waals surface area contributed by atoms with Gasteiger partial charge in [0.2, 0.25) is 5.91 Å². The molecule has 1 amide bonds. The van der Waals surface area contributed by atoms with Crippen LogP contribution in [-0.4, -0.2) is 19.0 Å². The van der Waals surface area contributed by atoms with Crippen molar-refractivity contribution < 1.29 is 13.6 Å². The molecule has 0 saturated carbocycles. The fraction of sp³-hybridized carbons (Fsp3) is 0.462. The highest BCUT2D eigenvalue weighted by Gasteiger charge is 2.11. The number of hydrogen-bond acceptors (Lipinski definition) is 2. The van der Waals surface area contributed by atoms with Crippen molar-refractivity contribution >= 4 is 11.6 Å². The van der Waals surface area contributed by atoms with Crippen molar-refractivity contribution in [1.82, 2.24) is 5.32 Å². The van der Waals surface area contributed by atoms with Gasteiger partial charge in [-0.2, -0.15) is 0 Å². The van der Waals surface area contributed by atoms with Crippen LogP contribution in [0, 0.1) is 17.6 Å². The maximum Gasteiger partial charge on any atom is 0.238 e. The number of benzene rings is 1. The summed E-state index contributed by atoms with van der Waals surface area (Å²) < 4.78 is 26.5. The van der Waals surface area contributed by atoms with Gasteiger partial charge in [-0.05, 0) is 31.0 Å². The van der Waals surface area contributed by atoms with E-state index in [0.717, 1.165) is 18.6 Å². The molecule has 3 nitrogen and oxygen atoms in total. The summed E-state index contributed by atoms with van der Waals surface area (Å²) >= 11 is 0. The lowest BCUT2D eigenvalue weighted by atomic mass is 10.1. The molecule has 0 unspecified atom stereocenters. The first-order valence-electron chi connectivity index (χ1n) is 5.95. The standard InChI is InChI=1S/C13H18F2N2O/c1-9(2)6-7-16-8-12(18)17-13-10(14)4-3-5-11(13)15/h3-5,9,16H,6-8H2,1-2H3,(H,17,18). The monoisotopic (exact) mass is 256 g/mol. The second-order valence-electron chi connectivity index (χ2n) is 4.50. The third kappa shape index (κ3) is 4.79. The Labute approximate surface area is 106 Å². The Morgan fingerprint density at radius 2 is 1.89 bits per heavy atom. The molecule has 0 aliphatic carbocycles. The molecule has 0 bridgehead atoms. The summed E-state index contributed by atoms with van der Waals surface area (Å²) in [5.41, 5.74) is -0.395. The molecule has 0 atom stereocenters. The van der Waals surface area contributed by atoms with Crippen LogP contribution in [0.2, 0.25) is 0 Å². The number of amides is 1. The molecule has 0 saturated heterocycles. The molecular weight excluding hydrogens is 238 g/mol. The van der Waals surface area contributed by atoms with E-state index in [9.17, 15) is 13.6 Å². The number of halogens is 2. The van der Waals surface area contributed by atoms with E-state index in [-0.39, 0.29) is 6.54 Å². The van der Waals surface area contributed by atoms with Crippen LogP contribution in [0.15, 0.2) is 18.2 Å². The fourth-order valence-electron chi connectivity index (χ4n) is 1.39. The van der Waals surface area contributed by atoms with E-state index in [2.05, 4.69) is 24.5 Å². The fourth-order valence-corrected chi connectivity index (χ4v) is 1.39. The number of carbonyl (C=O) groups is 1. The SMILES string of the molecule is CC(C)CCNCC(=O)Nc1c(F)cccc1F. The van der Waals surface area contributed by atoms with E-state index < -0.39 is 23.2 Å². The molecule has 0 heterocycles. The van der Waals surface area contributed by atoms with Gasteiger partial charge in [-0.25, -0.2) is 8.78 Å². The van der Waals surface area contributed by atoms with Crippen molar-refractivity contribution in [3.05, 3.63) is 29.8 Å². The van der Waals surface area contributed by atoms with Crippen LogP contribution in [0.1, 0.15) is 20.3 Å². The third-order valence-electron chi connectivity index (χ3n) is 2.41. The molecule has 100 valence electrons. The molecule has 2 N–H and O–H groups in total. The topological polar surface area (TPSA) is 41.1 Å². The average Bonchev–Trinajstić information content (AvgIpc) is 2.29. The highest BCUT2D eigenvalue weighted by atomic mass is 19.1. The molecule has 0 aromatic heterocycles. The molecule has 0 fully saturated rings. The largest absolute Gasteiger partial charge is 0.320 e. The zero-order chi connectivity index (χ0) is 13.5. The first-order chi connectivity index (χ1) is 8.50. The maximum atomic E-state index is 13.2. The quantitative estimate of drug-likeness (QED) is 0.768. The Bertz CT molecular complexity index is 388. The predicted molar refractivity (Wildman–Crippen MR) is 67.3 cm³/mol. The summed E-state index contributed by atoms with van der Waals surface area (Å²) in [5.74, 6) is -1.46. The summed E-state index contributed by atoms with van der Waals surface area (Å²) in [6.45, 7) is 4.90. The van der Waals surface area contributed by atoms with Crippen LogP contribution >= 0.6 is 0 Å². The Morgan fingerprint density at radius 3 is 2.44 bits per heavy atom. The molecule has 18 heavy (non-hydrogen) atoms. The lowest BCUT2D eigenvalue weighted by Gasteiger charge is -2.09. The van der Waals surface area contributed by atoms with E-state index in [1.54, 1.807) is 0 Å². The Hall–Kier alpha value is -1.49. The van der Waals surface area contributed by atoms with Gasteiger partial charge < -0.3 is 10.6 Å². The molecule has 0 spiro atoms. The number of para-hydroxylation sites is 1. The zero-order valence-corrected chi connectivity index (χ0v) is 10.6. The zero-order valence-electron chi connectivity index (χ0n) is 10.6. The molecule has 0 aliphatic heterocycles. The molecule has 5 heteroatoms. The Kier molecular flexibility index (Phi) is 5.71. The Balaban J connectivity index is 2.40. The van der Waals surface area contributed by atoms with Gasteiger partial charge in [0.05, 0.1) is 6.54 Å². The highest BCUT2D eigenvalue weighted by Crippen LogP contribution is 2.17. The van der Waals surface area contributed by atoms with Gasteiger partial charge in [0, 0.05) is 0 Å². The summed E-state index contributed by atoms with van der Waals surface area (Å²) in [5, 5.41) is 5.13. The minimum absolute atomic E-state index is 0.0422. The van der Waals surface area contributed by atoms with Gasteiger partial charge in [0.1, 0.15) is 17.3 Å². The first kappa shape index (κ1) is 14.6. The predicted octanol–water partition coefficient (Wildman–Crippen LogP) is 2.54. The maximum absolute atomic E-state index is 13.2.